The number of morpholine rings is 1. The van der Waals surface area contributed by atoms with E-state index in [-0.39, 0.29) is 18.5 Å². The highest BCUT2D eigenvalue weighted by atomic mass is 35.5. The molecule has 3 rings (SSSR count). The van der Waals surface area contributed by atoms with Crippen molar-refractivity contribution in [3.05, 3.63) is 18.0 Å². The second-order valence-corrected chi connectivity index (χ2v) is 6.14. The fraction of sp³-hybridized carbons (Fsp3) is 0.812. The van der Waals surface area contributed by atoms with Crippen LogP contribution in [0.1, 0.15) is 43.9 Å². The van der Waals surface area contributed by atoms with Gasteiger partial charge in [0.05, 0.1) is 25.5 Å². The largest absolute Gasteiger partial charge is 0.379 e. The zero-order valence-corrected chi connectivity index (χ0v) is 14.0. The van der Waals surface area contributed by atoms with Gasteiger partial charge in [-0.15, -0.1) is 12.4 Å². The third kappa shape index (κ3) is 4.95. The predicted octanol–water partition coefficient (Wildman–Crippen LogP) is 2.80. The summed E-state index contributed by atoms with van der Waals surface area (Å²) in [6.07, 6.45) is 8.65. The minimum atomic E-state index is 0. The molecule has 0 amide bonds. The van der Waals surface area contributed by atoms with Crippen molar-refractivity contribution in [2.45, 2.75) is 38.2 Å². The highest BCUT2D eigenvalue weighted by molar-refractivity contribution is 5.85. The van der Waals surface area contributed by atoms with Crippen LogP contribution in [-0.2, 0) is 9.47 Å². The topological polar surface area (TPSA) is 50.4 Å². The smallest absolute Gasteiger partial charge is 0.104 e. The van der Waals surface area contributed by atoms with Crippen LogP contribution in [0.5, 0.6) is 0 Å². The van der Waals surface area contributed by atoms with Gasteiger partial charge in [0.2, 0.25) is 0 Å². The maximum atomic E-state index is 6.26. The van der Waals surface area contributed by atoms with Gasteiger partial charge in [0.15, 0.2) is 0 Å². The van der Waals surface area contributed by atoms with Crippen molar-refractivity contribution < 1.29 is 9.47 Å². The summed E-state index contributed by atoms with van der Waals surface area (Å²) in [6.45, 7) is 5.54. The van der Waals surface area contributed by atoms with Crippen molar-refractivity contribution in [3.63, 3.8) is 0 Å². The molecular weight excluding hydrogens is 302 g/mol. The molecule has 1 aliphatic carbocycles. The molecule has 2 aliphatic rings. The van der Waals surface area contributed by atoms with Crippen molar-refractivity contribution in [3.8, 4) is 0 Å². The average Bonchev–Trinajstić information content (AvgIpc) is 3.07. The Hall–Kier alpha value is -0.620. The first-order valence-electron chi connectivity index (χ1n) is 8.35. The normalized spacial score (nSPS) is 22.2. The van der Waals surface area contributed by atoms with Crippen LogP contribution in [-0.4, -0.2) is 54.6 Å². The van der Waals surface area contributed by atoms with Gasteiger partial charge >= 0.3 is 0 Å². The van der Waals surface area contributed by atoms with Crippen LogP contribution >= 0.6 is 12.4 Å². The Bertz CT molecular complexity index is 390. The molecule has 1 unspecified atom stereocenters. The molecule has 2 heterocycles. The Morgan fingerprint density at radius 2 is 2.05 bits per heavy atom. The zero-order chi connectivity index (χ0) is 14.3. The number of halogens is 1. The van der Waals surface area contributed by atoms with Gasteiger partial charge in [-0.2, -0.15) is 5.10 Å². The fourth-order valence-electron chi connectivity index (χ4n) is 3.46. The van der Waals surface area contributed by atoms with Crippen molar-refractivity contribution in [1.29, 1.82) is 0 Å². The van der Waals surface area contributed by atoms with Crippen LogP contribution in [0.2, 0.25) is 0 Å². The molecular formula is C16H28ClN3O2. The first-order chi connectivity index (χ1) is 10.4. The Morgan fingerprint density at radius 1 is 1.27 bits per heavy atom. The Kier molecular flexibility index (Phi) is 7.66. The number of nitrogens with one attached hydrogen (secondary N) is 1. The lowest BCUT2D eigenvalue weighted by Crippen LogP contribution is -2.38. The quantitative estimate of drug-likeness (QED) is 0.872. The van der Waals surface area contributed by atoms with E-state index in [1.807, 2.05) is 6.20 Å². The molecule has 22 heavy (non-hydrogen) atoms. The molecule has 0 bridgehead atoms. The van der Waals surface area contributed by atoms with Crippen molar-refractivity contribution in [2.24, 2.45) is 5.92 Å². The average molecular weight is 330 g/mol. The van der Waals surface area contributed by atoms with E-state index in [0.717, 1.165) is 45.1 Å². The molecule has 0 spiro atoms. The number of ether oxygens (including phenoxy) is 2. The summed E-state index contributed by atoms with van der Waals surface area (Å²) in [5.41, 5.74) is 1.07. The van der Waals surface area contributed by atoms with Crippen LogP contribution in [0, 0.1) is 5.92 Å². The third-order valence-electron chi connectivity index (χ3n) is 4.70. The minimum Gasteiger partial charge on any atom is -0.379 e. The summed E-state index contributed by atoms with van der Waals surface area (Å²) in [4.78, 5) is 2.42. The number of H-pyrrole nitrogens is 1. The molecule has 1 aliphatic heterocycles. The minimum absolute atomic E-state index is 0. The lowest BCUT2D eigenvalue weighted by atomic mass is 9.84. The van der Waals surface area contributed by atoms with E-state index in [4.69, 9.17) is 9.47 Å². The molecule has 1 aromatic heterocycles. The van der Waals surface area contributed by atoms with E-state index in [9.17, 15) is 0 Å². The molecule has 0 radical (unpaired) electrons. The van der Waals surface area contributed by atoms with Gasteiger partial charge in [0.25, 0.3) is 0 Å². The number of nitrogens with zero attached hydrogens (tertiary/aromatic N) is 2. The van der Waals surface area contributed by atoms with Crippen LogP contribution in [0.3, 0.4) is 0 Å². The maximum Gasteiger partial charge on any atom is 0.104 e. The van der Waals surface area contributed by atoms with E-state index in [1.54, 1.807) is 0 Å². The molecule has 1 saturated heterocycles. The summed E-state index contributed by atoms with van der Waals surface area (Å²) in [7, 11) is 0. The molecule has 0 aromatic carbocycles. The number of aromatic nitrogens is 2. The second-order valence-electron chi connectivity index (χ2n) is 6.14. The van der Waals surface area contributed by atoms with E-state index in [1.165, 1.54) is 32.1 Å². The fourth-order valence-corrected chi connectivity index (χ4v) is 3.46. The Morgan fingerprint density at radius 3 is 2.73 bits per heavy atom. The molecule has 1 aromatic rings. The Balaban J connectivity index is 0.00000176. The SMILES string of the molecule is Cl.c1cc(C(OCCN2CCOCC2)C2CCCCC2)n[nH]1. The van der Waals surface area contributed by atoms with Gasteiger partial charge in [0.1, 0.15) is 6.10 Å². The number of aromatic amines is 1. The van der Waals surface area contributed by atoms with E-state index < -0.39 is 0 Å². The van der Waals surface area contributed by atoms with Gasteiger partial charge in [-0.3, -0.25) is 10.00 Å². The molecule has 1 atom stereocenters. The second kappa shape index (κ2) is 9.50. The lowest BCUT2D eigenvalue weighted by Gasteiger charge is -2.31. The van der Waals surface area contributed by atoms with E-state index in [0.29, 0.717) is 5.92 Å². The first-order valence-corrected chi connectivity index (χ1v) is 8.35. The number of hydrogen-bond donors (Lipinski definition) is 1. The molecule has 6 heteroatoms. The third-order valence-corrected chi connectivity index (χ3v) is 4.70. The van der Waals surface area contributed by atoms with Gasteiger partial charge in [-0.1, -0.05) is 19.3 Å². The standard InChI is InChI=1S/C16H27N3O2.ClH/c1-2-4-14(5-3-1)16(15-6-7-17-18-15)21-13-10-19-8-11-20-12-9-19;/h6-7,14,16H,1-5,8-13H2,(H,17,18);1H. The summed E-state index contributed by atoms with van der Waals surface area (Å²) < 4.78 is 11.6. The molecule has 1 saturated carbocycles. The summed E-state index contributed by atoms with van der Waals surface area (Å²) in [6, 6.07) is 2.06. The van der Waals surface area contributed by atoms with Crippen LogP contribution in [0.25, 0.3) is 0 Å². The predicted molar refractivity (Wildman–Crippen MR) is 88.4 cm³/mol. The van der Waals surface area contributed by atoms with Crippen LogP contribution in [0.4, 0.5) is 0 Å². The monoisotopic (exact) mass is 329 g/mol. The van der Waals surface area contributed by atoms with Gasteiger partial charge in [-0.25, -0.2) is 0 Å². The zero-order valence-electron chi connectivity index (χ0n) is 13.2. The molecule has 2 fully saturated rings. The highest BCUT2D eigenvalue weighted by Crippen LogP contribution is 2.36. The lowest BCUT2D eigenvalue weighted by molar-refractivity contribution is -0.0274. The number of hydrogen-bond acceptors (Lipinski definition) is 4. The highest BCUT2D eigenvalue weighted by Gasteiger charge is 2.27. The Labute approximate surface area is 139 Å². The molecule has 5 nitrogen and oxygen atoms in total. The summed E-state index contributed by atoms with van der Waals surface area (Å²) >= 11 is 0. The van der Waals surface area contributed by atoms with Gasteiger partial charge in [0, 0.05) is 25.8 Å². The van der Waals surface area contributed by atoms with Crippen LogP contribution < -0.4 is 0 Å². The van der Waals surface area contributed by atoms with Crippen LogP contribution in [0.15, 0.2) is 12.3 Å². The summed E-state index contributed by atoms with van der Waals surface area (Å²) in [5, 5.41) is 7.31. The van der Waals surface area contributed by atoms with E-state index in [2.05, 4.69) is 21.2 Å². The van der Waals surface area contributed by atoms with E-state index >= 15 is 0 Å². The van der Waals surface area contributed by atoms with Crippen molar-refractivity contribution >= 4 is 12.4 Å². The van der Waals surface area contributed by atoms with Crippen molar-refractivity contribution in [1.82, 2.24) is 15.1 Å². The molecule has 1 N–H and O–H groups in total. The van der Waals surface area contributed by atoms with Crippen molar-refractivity contribution in [2.75, 3.05) is 39.5 Å². The van der Waals surface area contributed by atoms with Gasteiger partial charge in [-0.05, 0) is 24.8 Å². The molecule has 126 valence electrons. The maximum absolute atomic E-state index is 6.26. The first kappa shape index (κ1) is 17.7. The number of rotatable bonds is 6. The summed E-state index contributed by atoms with van der Waals surface area (Å²) in [5.74, 6) is 0.631. The van der Waals surface area contributed by atoms with Gasteiger partial charge < -0.3 is 9.47 Å².